The lowest BCUT2D eigenvalue weighted by atomic mass is 9.82. The summed E-state index contributed by atoms with van der Waals surface area (Å²) < 4.78 is 21.7. The highest BCUT2D eigenvalue weighted by Gasteiger charge is 2.65. The van der Waals surface area contributed by atoms with E-state index in [1.54, 1.807) is 13.1 Å². The molecule has 4 rings (SSSR count). The van der Waals surface area contributed by atoms with Gasteiger partial charge in [-0.05, 0) is 50.6 Å². The Balaban J connectivity index is 1.76. The van der Waals surface area contributed by atoms with Gasteiger partial charge in [0.1, 0.15) is 0 Å². The highest BCUT2D eigenvalue weighted by atomic mass is 28.4. The maximum absolute atomic E-state index is 15.4. The summed E-state index contributed by atoms with van der Waals surface area (Å²) in [5.41, 5.74) is 0.389. The normalized spacial score (nSPS) is 31.5. The van der Waals surface area contributed by atoms with Gasteiger partial charge in [0.05, 0.1) is 6.10 Å². The van der Waals surface area contributed by atoms with Crippen molar-refractivity contribution in [3.63, 3.8) is 0 Å². The number of aliphatic hydroxyl groups excluding tert-OH is 1. The van der Waals surface area contributed by atoms with E-state index in [4.69, 9.17) is 4.74 Å². The molecule has 3 aliphatic rings. The van der Waals surface area contributed by atoms with Crippen molar-refractivity contribution in [2.75, 3.05) is 23.4 Å². The number of hydrogen-bond acceptors (Lipinski definition) is 4. The lowest BCUT2D eigenvalue weighted by Crippen LogP contribution is -2.42. The Morgan fingerprint density at radius 2 is 2.00 bits per heavy atom. The van der Waals surface area contributed by atoms with Gasteiger partial charge in [-0.1, -0.05) is 19.8 Å². The molecule has 4 atom stereocenters. The van der Waals surface area contributed by atoms with Crippen LogP contribution in [0.15, 0.2) is 18.2 Å². The van der Waals surface area contributed by atoms with Crippen LogP contribution in [0.1, 0.15) is 51.0 Å². The van der Waals surface area contributed by atoms with Gasteiger partial charge in [-0.15, -0.1) is 0 Å². The molecule has 3 aliphatic heterocycles. The number of anilines is 2. The minimum absolute atomic E-state index is 0.0969. The SMILES string of the molecule is C[C@@H]1[C@@H]([Si](C)(C)F)[C@H](CCO)O[C@@]12C(=O)Nc1ccc(N3CCCCCCC3=O)cc12. The van der Waals surface area contributed by atoms with Crippen molar-refractivity contribution in [3.8, 4) is 0 Å². The Morgan fingerprint density at radius 1 is 1.26 bits per heavy atom. The highest BCUT2D eigenvalue weighted by molar-refractivity contribution is 6.72. The molecule has 2 amide bonds. The minimum atomic E-state index is -3.18. The summed E-state index contributed by atoms with van der Waals surface area (Å²) in [6, 6.07) is 5.58. The standard InChI is InChI=1S/C23H33FN2O4Si/c1-15-21(31(2,3)24)19(11-13-27)30-23(15)17-14-16(9-10-18(17)25-22(23)29)26-12-7-5-4-6-8-20(26)28/h9-10,14-15,19,21,27H,4-8,11-13H2,1-3H3,(H,25,29)/t15-,19+,21-,23+/m1/s1. The quantitative estimate of drug-likeness (QED) is 0.537. The summed E-state index contributed by atoms with van der Waals surface area (Å²) >= 11 is 0. The first-order valence-corrected chi connectivity index (χ1v) is 14.4. The van der Waals surface area contributed by atoms with Gasteiger partial charge in [0, 0.05) is 48.0 Å². The van der Waals surface area contributed by atoms with Gasteiger partial charge in [-0.3, -0.25) is 9.59 Å². The van der Waals surface area contributed by atoms with Crippen LogP contribution in [-0.4, -0.2) is 44.6 Å². The van der Waals surface area contributed by atoms with Crippen molar-refractivity contribution in [1.29, 1.82) is 0 Å². The van der Waals surface area contributed by atoms with Gasteiger partial charge in [0.15, 0.2) is 5.60 Å². The van der Waals surface area contributed by atoms with Gasteiger partial charge in [-0.2, -0.15) is 0 Å². The average molecular weight is 449 g/mol. The number of benzene rings is 1. The van der Waals surface area contributed by atoms with E-state index >= 15 is 4.11 Å². The maximum Gasteiger partial charge on any atom is 0.261 e. The van der Waals surface area contributed by atoms with Crippen molar-refractivity contribution < 1.29 is 23.5 Å². The minimum Gasteiger partial charge on any atom is -0.396 e. The number of carbonyl (C=O) groups excluding carboxylic acids is 2. The van der Waals surface area contributed by atoms with E-state index in [-0.39, 0.29) is 24.3 Å². The highest BCUT2D eigenvalue weighted by Crippen LogP contribution is 2.59. The molecule has 1 aromatic carbocycles. The summed E-state index contributed by atoms with van der Waals surface area (Å²) in [5, 5.41) is 12.5. The zero-order chi connectivity index (χ0) is 22.4. The topological polar surface area (TPSA) is 78.9 Å². The van der Waals surface area contributed by atoms with Crippen LogP contribution in [-0.2, 0) is 19.9 Å². The fourth-order valence-electron chi connectivity index (χ4n) is 5.85. The molecule has 0 aromatic heterocycles. The first-order valence-electron chi connectivity index (χ1n) is 11.4. The van der Waals surface area contributed by atoms with Crippen molar-refractivity contribution in [3.05, 3.63) is 23.8 Å². The molecule has 6 nitrogen and oxygen atoms in total. The lowest BCUT2D eigenvalue weighted by Gasteiger charge is -2.31. The third kappa shape index (κ3) is 3.72. The number of amides is 2. The molecule has 8 heteroatoms. The number of carbonyl (C=O) groups is 2. The van der Waals surface area contributed by atoms with E-state index < -0.39 is 25.7 Å². The summed E-state index contributed by atoms with van der Waals surface area (Å²) in [7, 11) is -3.18. The van der Waals surface area contributed by atoms with Gasteiger partial charge in [0.25, 0.3) is 5.91 Å². The molecule has 0 unspecified atom stereocenters. The second-order valence-electron chi connectivity index (χ2n) is 9.68. The molecule has 1 spiro atoms. The Labute approximate surface area is 184 Å². The molecule has 0 saturated carbocycles. The van der Waals surface area contributed by atoms with Crippen molar-refractivity contribution in [1.82, 2.24) is 0 Å². The fourth-order valence-corrected chi connectivity index (χ4v) is 8.39. The maximum atomic E-state index is 15.4. The van der Waals surface area contributed by atoms with Crippen molar-refractivity contribution in [2.24, 2.45) is 5.92 Å². The summed E-state index contributed by atoms with van der Waals surface area (Å²) in [4.78, 5) is 27.8. The predicted octanol–water partition coefficient (Wildman–Crippen LogP) is 4.09. The average Bonchev–Trinajstić information content (AvgIpc) is 3.13. The molecule has 2 N–H and O–H groups in total. The Kier molecular flexibility index (Phi) is 6.00. The van der Waals surface area contributed by atoms with E-state index in [0.29, 0.717) is 30.6 Å². The number of nitrogens with one attached hydrogen (secondary N) is 1. The fraction of sp³-hybridized carbons (Fsp3) is 0.652. The smallest absolute Gasteiger partial charge is 0.261 e. The number of ether oxygens (including phenoxy) is 1. The number of aliphatic hydroxyl groups is 1. The van der Waals surface area contributed by atoms with Crippen LogP contribution in [0.25, 0.3) is 0 Å². The molecular weight excluding hydrogens is 415 g/mol. The number of hydrogen-bond donors (Lipinski definition) is 2. The molecule has 0 bridgehead atoms. The van der Waals surface area contributed by atoms with Crippen LogP contribution >= 0.6 is 0 Å². The van der Waals surface area contributed by atoms with E-state index in [0.717, 1.165) is 31.4 Å². The molecule has 170 valence electrons. The first-order chi connectivity index (χ1) is 14.7. The molecule has 0 aliphatic carbocycles. The number of rotatable bonds is 4. The van der Waals surface area contributed by atoms with Crippen LogP contribution in [0.2, 0.25) is 18.6 Å². The van der Waals surface area contributed by atoms with E-state index in [1.165, 1.54) is 0 Å². The number of halogens is 1. The summed E-state index contributed by atoms with van der Waals surface area (Å²) in [5.74, 6) is -0.565. The second kappa shape index (κ2) is 8.29. The van der Waals surface area contributed by atoms with Crippen molar-refractivity contribution in [2.45, 2.75) is 75.8 Å². The molecule has 31 heavy (non-hydrogen) atoms. The van der Waals surface area contributed by atoms with Crippen LogP contribution in [0.5, 0.6) is 0 Å². The lowest BCUT2D eigenvalue weighted by molar-refractivity contribution is -0.143. The van der Waals surface area contributed by atoms with Crippen LogP contribution < -0.4 is 10.2 Å². The monoisotopic (exact) mass is 448 g/mol. The van der Waals surface area contributed by atoms with Gasteiger partial charge < -0.3 is 24.2 Å². The van der Waals surface area contributed by atoms with Gasteiger partial charge in [0.2, 0.25) is 14.3 Å². The first kappa shape index (κ1) is 22.4. The Hall–Kier alpha value is -1.77. The van der Waals surface area contributed by atoms with Crippen LogP contribution in [0.4, 0.5) is 15.5 Å². The Bertz CT molecular complexity index is 874. The summed E-state index contributed by atoms with van der Waals surface area (Å²) in [6.45, 7) is 5.71. The molecule has 2 saturated heterocycles. The van der Waals surface area contributed by atoms with Gasteiger partial charge >= 0.3 is 0 Å². The van der Waals surface area contributed by atoms with Crippen LogP contribution in [0, 0.1) is 5.92 Å². The zero-order valence-corrected chi connectivity index (χ0v) is 19.6. The largest absolute Gasteiger partial charge is 0.396 e. The number of fused-ring (bicyclic) bond motifs is 2. The second-order valence-corrected chi connectivity index (χ2v) is 13.5. The zero-order valence-electron chi connectivity index (χ0n) is 18.6. The molecule has 3 heterocycles. The van der Waals surface area contributed by atoms with E-state index in [9.17, 15) is 14.7 Å². The predicted molar refractivity (Wildman–Crippen MR) is 120 cm³/mol. The number of nitrogens with zero attached hydrogens (tertiary/aromatic N) is 1. The molecule has 0 radical (unpaired) electrons. The van der Waals surface area contributed by atoms with E-state index in [1.807, 2.05) is 30.0 Å². The van der Waals surface area contributed by atoms with Crippen LogP contribution in [0.3, 0.4) is 0 Å². The third-order valence-corrected chi connectivity index (χ3v) is 9.70. The van der Waals surface area contributed by atoms with Gasteiger partial charge in [-0.25, -0.2) is 0 Å². The molecule has 1 aromatic rings. The molecular formula is C23H33FN2O4Si. The van der Waals surface area contributed by atoms with Crippen molar-refractivity contribution >= 4 is 31.6 Å². The Morgan fingerprint density at radius 3 is 2.71 bits per heavy atom. The third-order valence-electron chi connectivity index (χ3n) is 7.25. The molecule has 2 fully saturated rings. The van der Waals surface area contributed by atoms with E-state index in [2.05, 4.69) is 5.32 Å². The summed E-state index contributed by atoms with van der Waals surface area (Å²) in [6.07, 6.45) is 4.31.